The molecule has 0 aliphatic carbocycles. The first-order valence-corrected chi connectivity index (χ1v) is 12.2. The molecule has 0 spiro atoms. The van der Waals surface area contributed by atoms with Crippen LogP contribution in [0, 0.1) is 11.8 Å². The molecule has 0 bridgehead atoms. The van der Waals surface area contributed by atoms with Crippen molar-refractivity contribution in [3.63, 3.8) is 0 Å². The van der Waals surface area contributed by atoms with E-state index in [9.17, 15) is 24.6 Å². The van der Waals surface area contributed by atoms with E-state index in [1.165, 1.54) is 31.3 Å². The van der Waals surface area contributed by atoms with Gasteiger partial charge in [0.1, 0.15) is 11.3 Å². The van der Waals surface area contributed by atoms with Crippen LogP contribution in [0.1, 0.15) is 37.9 Å². The standard InChI is InChI=1S/C26H29BrN2O7/c1-25(2,3)29-22(31)18-19(23(29)32)26(24(33)34,12-13-6-8-15(30)9-7-13)28-20(18)14-10-16(27)21(36-5)17(11-14)35-4/h6-11,18-20,28,30H,12H2,1-5H3,(H,33,34). The normalized spacial score (nSPS) is 25.7. The number of aliphatic carboxylic acids is 1. The highest BCUT2D eigenvalue weighted by Gasteiger charge is 2.69. The Hall–Kier alpha value is -3.11. The number of imide groups is 1. The third kappa shape index (κ3) is 4.02. The Morgan fingerprint density at radius 2 is 1.75 bits per heavy atom. The summed E-state index contributed by atoms with van der Waals surface area (Å²) in [4.78, 5) is 41.7. The van der Waals surface area contributed by atoms with Crippen molar-refractivity contribution in [2.24, 2.45) is 11.8 Å². The van der Waals surface area contributed by atoms with Crippen molar-refractivity contribution < 1.29 is 34.1 Å². The van der Waals surface area contributed by atoms with Gasteiger partial charge in [-0.3, -0.25) is 24.6 Å². The van der Waals surface area contributed by atoms with Crippen LogP contribution in [0.3, 0.4) is 0 Å². The van der Waals surface area contributed by atoms with Crippen LogP contribution in [-0.2, 0) is 20.8 Å². The Morgan fingerprint density at radius 3 is 2.28 bits per heavy atom. The van der Waals surface area contributed by atoms with Gasteiger partial charge in [-0.15, -0.1) is 0 Å². The number of hydrogen-bond donors (Lipinski definition) is 3. The predicted octanol–water partition coefficient (Wildman–Crippen LogP) is 3.28. The van der Waals surface area contributed by atoms with Crippen molar-refractivity contribution in [2.75, 3.05) is 14.2 Å². The zero-order valence-corrected chi connectivity index (χ0v) is 22.3. The van der Waals surface area contributed by atoms with Gasteiger partial charge in [-0.2, -0.15) is 0 Å². The van der Waals surface area contributed by atoms with Crippen LogP contribution in [0.4, 0.5) is 0 Å². The molecule has 36 heavy (non-hydrogen) atoms. The average Bonchev–Trinajstić information content (AvgIpc) is 3.28. The fourth-order valence-corrected chi connectivity index (χ4v) is 6.06. The molecule has 2 aliphatic rings. The maximum absolute atomic E-state index is 13.8. The number of amides is 2. The number of carboxylic acids is 1. The molecule has 3 N–H and O–H groups in total. The Kier molecular flexibility index (Phi) is 6.55. The molecule has 10 heteroatoms. The van der Waals surface area contributed by atoms with Crippen LogP contribution < -0.4 is 14.8 Å². The molecule has 192 valence electrons. The van der Waals surface area contributed by atoms with Gasteiger partial charge in [0.25, 0.3) is 0 Å². The molecule has 2 aromatic carbocycles. The number of carbonyl (C=O) groups is 3. The number of carboxylic acid groups (broad SMARTS) is 1. The second-order valence-corrected chi connectivity index (χ2v) is 11.0. The minimum Gasteiger partial charge on any atom is -0.508 e. The van der Waals surface area contributed by atoms with Gasteiger partial charge in [0.2, 0.25) is 11.8 Å². The molecule has 2 heterocycles. The van der Waals surface area contributed by atoms with Gasteiger partial charge >= 0.3 is 5.97 Å². The highest BCUT2D eigenvalue weighted by molar-refractivity contribution is 9.10. The molecule has 4 atom stereocenters. The van der Waals surface area contributed by atoms with E-state index < -0.39 is 46.7 Å². The molecular formula is C26H29BrN2O7. The number of rotatable bonds is 6. The van der Waals surface area contributed by atoms with Crippen LogP contribution in [0.15, 0.2) is 40.9 Å². The summed E-state index contributed by atoms with van der Waals surface area (Å²) in [5.41, 5.74) is -1.41. The number of fused-ring (bicyclic) bond motifs is 1. The third-order valence-corrected chi connectivity index (χ3v) is 7.53. The zero-order valence-electron chi connectivity index (χ0n) is 20.7. The highest BCUT2D eigenvalue weighted by Crippen LogP contribution is 2.52. The minimum atomic E-state index is -1.77. The molecule has 0 aromatic heterocycles. The van der Waals surface area contributed by atoms with E-state index in [0.29, 0.717) is 27.1 Å². The van der Waals surface area contributed by atoms with Gasteiger partial charge in [0.15, 0.2) is 11.5 Å². The summed E-state index contributed by atoms with van der Waals surface area (Å²) < 4.78 is 11.4. The van der Waals surface area contributed by atoms with Crippen LogP contribution in [0.2, 0.25) is 0 Å². The monoisotopic (exact) mass is 560 g/mol. The van der Waals surface area contributed by atoms with E-state index in [2.05, 4.69) is 21.2 Å². The largest absolute Gasteiger partial charge is 0.508 e. The molecule has 2 saturated heterocycles. The topological polar surface area (TPSA) is 125 Å². The maximum Gasteiger partial charge on any atom is 0.325 e. The fraction of sp³-hybridized carbons (Fsp3) is 0.423. The Labute approximate surface area is 217 Å². The van der Waals surface area contributed by atoms with Crippen molar-refractivity contribution >= 4 is 33.7 Å². The molecule has 2 aliphatic heterocycles. The average molecular weight is 561 g/mol. The molecule has 4 unspecified atom stereocenters. The number of halogens is 1. The predicted molar refractivity (Wildman–Crippen MR) is 134 cm³/mol. The van der Waals surface area contributed by atoms with Crippen LogP contribution in [0.25, 0.3) is 0 Å². The number of aromatic hydroxyl groups is 1. The lowest BCUT2D eigenvalue weighted by Gasteiger charge is -2.35. The quantitative estimate of drug-likeness (QED) is 0.459. The lowest BCUT2D eigenvalue weighted by Crippen LogP contribution is -2.58. The number of ether oxygens (including phenoxy) is 2. The van der Waals surface area contributed by atoms with Crippen molar-refractivity contribution in [1.82, 2.24) is 10.2 Å². The molecule has 9 nitrogen and oxygen atoms in total. The van der Waals surface area contributed by atoms with Gasteiger partial charge < -0.3 is 19.7 Å². The lowest BCUT2D eigenvalue weighted by molar-refractivity contribution is -0.153. The number of benzene rings is 2. The number of carbonyl (C=O) groups excluding carboxylic acids is 2. The molecule has 0 radical (unpaired) electrons. The zero-order chi connectivity index (χ0) is 26.6. The second-order valence-electron chi connectivity index (χ2n) is 10.2. The summed E-state index contributed by atoms with van der Waals surface area (Å²) in [6.07, 6.45) is -0.0637. The first-order chi connectivity index (χ1) is 16.9. The SMILES string of the molecule is COc1cc(C2NC(Cc3ccc(O)cc3)(C(=O)O)C3C(=O)N(C(C)(C)C)C(=O)C23)cc(Br)c1OC. The Morgan fingerprint density at radius 1 is 1.11 bits per heavy atom. The molecule has 2 aromatic rings. The minimum absolute atomic E-state index is 0.0412. The van der Waals surface area contributed by atoms with Crippen LogP contribution >= 0.6 is 15.9 Å². The van der Waals surface area contributed by atoms with E-state index >= 15 is 0 Å². The molecule has 0 saturated carbocycles. The Balaban J connectivity index is 1.91. The summed E-state index contributed by atoms with van der Waals surface area (Å²) in [5.74, 6) is -3.38. The van der Waals surface area contributed by atoms with E-state index in [4.69, 9.17) is 9.47 Å². The summed E-state index contributed by atoms with van der Waals surface area (Å²) in [6, 6.07) is 8.79. The second kappa shape index (κ2) is 9.08. The number of nitrogens with zero attached hydrogens (tertiary/aromatic N) is 1. The first kappa shape index (κ1) is 26.0. The summed E-state index contributed by atoms with van der Waals surface area (Å²) in [7, 11) is 2.98. The van der Waals surface area contributed by atoms with E-state index in [1.54, 1.807) is 45.0 Å². The van der Waals surface area contributed by atoms with Gasteiger partial charge in [0, 0.05) is 18.0 Å². The molecule has 2 fully saturated rings. The van der Waals surface area contributed by atoms with E-state index in [0.717, 1.165) is 0 Å². The molecular weight excluding hydrogens is 532 g/mol. The summed E-state index contributed by atoms with van der Waals surface area (Å²) in [6.45, 7) is 5.26. The molecule has 2 amide bonds. The number of hydrogen-bond acceptors (Lipinski definition) is 7. The van der Waals surface area contributed by atoms with Crippen molar-refractivity contribution in [1.29, 1.82) is 0 Å². The van der Waals surface area contributed by atoms with Crippen molar-refractivity contribution in [3.05, 3.63) is 52.0 Å². The highest BCUT2D eigenvalue weighted by atomic mass is 79.9. The third-order valence-electron chi connectivity index (χ3n) is 6.94. The smallest absolute Gasteiger partial charge is 0.325 e. The number of phenols is 1. The van der Waals surface area contributed by atoms with Gasteiger partial charge in [0.05, 0.1) is 30.5 Å². The number of methoxy groups -OCH3 is 2. The summed E-state index contributed by atoms with van der Waals surface area (Å²) in [5, 5.41) is 23.4. The van der Waals surface area contributed by atoms with E-state index in [-0.39, 0.29) is 12.2 Å². The first-order valence-electron chi connectivity index (χ1n) is 11.4. The number of phenolic OH excluding ortho intramolecular Hbond substituents is 1. The number of likely N-dealkylation sites (tertiary alicyclic amines) is 1. The maximum atomic E-state index is 13.8. The van der Waals surface area contributed by atoms with Gasteiger partial charge in [-0.1, -0.05) is 12.1 Å². The Bertz CT molecular complexity index is 1220. The van der Waals surface area contributed by atoms with Crippen molar-refractivity contribution in [3.8, 4) is 17.2 Å². The number of nitrogens with one attached hydrogen (secondary N) is 1. The summed E-state index contributed by atoms with van der Waals surface area (Å²) >= 11 is 3.47. The van der Waals surface area contributed by atoms with Crippen LogP contribution in [-0.4, -0.2) is 58.2 Å². The van der Waals surface area contributed by atoms with E-state index in [1.807, 2.05) is 0 Å². The van der Waals surface area contributed by atoms with Crippen LogP contribution in [0.5, 0.6) is 17.2 Å². The fourth-order valence-electron chi connectivity index (χ4n) is 5.44. The molecule has 4 rings (SSSR count). The van der Waals surface area contributed by atoms with Gasteiger partial charge in [-0.25, -0.2) is 0 Å². The van der Waals surface area contributed by atoms with Gasteiger partial charge in [-0.05, 0) is 72.1 Å². The lowest BCUT2D eigenvalue weighted by atomic mass is 9.76. The van der Waals surface area contributed by atoms with Crippen molar-refractivity contribution in [2.45, 2.75) is 44.3 Å².